The van der Waals surface area contributed by atoms with Gasteiger partial charge in [0.1, 0.15) is 5.52 Å². The first-order chi connectivity index (χ1) is 6.77. The summed E-state index contributed by atoms with van der Waals surface area (Å²) in [6.45, 7) is 8.18. The number of H-pyrrole nitrogens is 1. The first-order valence-corrected chi connectivity index (χ1v) is 4.93. The summed E-state index contributed by atoms with van der Waals surface area (Å²) in [7, 11) is 0. The fourth-order valence-corrected chi connectivity index (χ4v) is 1.02. The molecule has 14 heavy (non-hydrogen) atoms. The van der Waals surface area contributed by atoms with Gasteiger partial charge in [-0.2, -0.15) is 5.10 Å². The van der Waals surface area contributed by atoms with Crippen LogP contribution in [0.1, 0.15) is 39.3 Å². The lowest BCUT2D eigenvalue weighted by atomic mass is 10.1. The minimum Gasteiger partial charge on any atom is -0.259 e. The SMILES string of the molecule is CC.CC(C)c1cnc2cn[nH]c2n1. The Bertz CT molecular complexity index is 392. The molecule has 2 heterocycles. The average molecular weight is 192 g/mol. The number of nitrogens with one attached hydrogen (secondary N) is 1. The third kappa shape index (κ3) is 2.07. The molecule has 0 aromatic carbocycles. The molecule has 0 fully saturated rings. The van der Waals surface area contributed by atoms with E-state index in [0.29, 0.717) is 5.92 Å². The minimum atomic E-state index is 0.408. The van der Waals surface area contributed by atoms with E-state index >= 15 is 0 Å². The maximum Gasteiger partial charge on any atom is 0.174 e. The summed E-state index contributed by atoms with van der Waals surface area (Å²) in [6.07, 6.45) is 3.47. The topological polar surface area (TPSA) is 54.5 Å². The van der Waals surface area contributed by atoms with E-state index < -0.39 is 0 Å². The Balaban J connectivity index is 0.000000461. The number of hydrogen-bond acceptors (Lipinski definition) is 3. The summed E-state index contributed by atoms with van der Waals surface area (Å²) in [6, 6.07) is 0. The van der Waals surface area contributed by atoms with Gasteiger partial charge in [-0.05, 0) is 5.92 Å². The third-order valence-corrected chi connectivity index (χ3v) is 1.77. The van der Waals surface area contributed by atoms with Gasteiger partial charge in [-0.1, -0.05) is 27.7 Å². The Hall–Kier alpha value is -1.45. The van der Waals surface area contributed by atoms with Crippen LogP contribution in [0.2, 0.25) is 0 Å². The standard InChI is InChI=1S/C8H10N4.C2H6/c1-5(2)6-3-9-7-4-10-12-8(7)11-6;1-2/h3-5H,1-2H3,(H,10,11,12);1-2H3. The molecule has 0 aliphatic heterocycles. The molecule has 4 heteroatoms. The molecule has 0 atom stereocenters. The van der Waals surface area contributed by atoms with Crippen molar-refractivity contribution in [3.63, 3.8) is 0 Å². The Morgan fingerprint density at radius 1 is 1.21 bits per heavy atom. The summed E-state index contributed by atoms with van der Waals surface area (Å²) in [5.74, 6) is 0.408. The van der Waals surface area contributed by atoms with Gasteiger partial charge < -0.3 is 0 Å². The van der Waals surface area contributed by atoms with Gasteiger partial charge in [0.15, 0.2) is 5.65 Å². The Morgan fingerprint density at radius 2 is 1.93 bits per heavy atom. The second-order valence-corrected chi connectivity index (χ2v) is 3.05. The zero-order chi connectivity index (χ0) is 10.6. The number of aromatic nitrogens is 4. The second kappa shape index (κ2) is 4.69. The number of rotatable bonds is 1. The third-order valence-electron chi connectivity index (χ3n) is 1.77. The van der Waals surface area contributed by atoms with Gasteiger partial charge in [0.05, 0.1) is 11.9 Å². The maximum atomic E-state index is 4.35. The highest BCUT2D eigenvalue weighted by atomic mass is 15.1. The van der Waals surface area contributed by atoms with Crippen LogP contribution in [-0.4, -0.2) is 20.2 Å². The molecule has 4 nitrogen and oxygen atoms in total. The summed E-state index contributed by atoms with van der Waals surface area (Å²) >= 11 is 0. The highest BCUT2D eigenvalue weighted by Gasteiger charge is 2.03. The van der Waals surface area contributed by atoms with Crippen molar-refractivity contribution in [2.75, 3.05) is 0 Å². The molecule has 0 saturated heterocycles. The van der Waals surface area contributed by atoms with Crippen LogP contribution in [-0.2, 0) is 0 Å². The maximum absolute atomic E-state index is 4.35. The Morgan fingerprint density at radius 3 is 2.57 bits per heavy atom. The lowest BCUT2D eigenvalue weighted by Gasteiger charge is -2.01. The van der Waals surface area contributed by atoms with Gasteiger partial charge in [-0.3, -0.25) is 5.10 Å². The van der Waals surface area contributed by atoms with Crippen molar-refractivity contribution in [3.05, 3.63) is 18.1 Å². The van der Waals surface area contributed by atoms with E-state index in [1.54, 1.807) is 12.4 Å². The largest absolute Gasteiger partial charge is 0.259 e. The molecule has 0 saturated carbocycles. The lowest BCUT2D eigenvalue weighted by molar-refractivity contribution is 0.819. The van der Waals surface area contributed by atoms with E-state index in [1.807, 2.05) is 13.8 Å². The molecule has 0 spiro atoms. The zero-order valence-corrected chi connectivity index (χ0v) is 9.07. The molecule has 0 amide bonds. The van der Waals surface area contributed by atoms with Gasteiger partial charge in [0.25, 0.3) is 0 Å². The molecule has 2 rings (SSSR count). The number of fused-ring (bicyclic) bond motifs is 1. The van der Waals surface area contributed by atoms with Gasteiger partial charge >= 0.3 is 0 Å². The van der Waals surface area contributed by atoms with Crippen molar-refractivity contribution in [2.45, 2.75) is 33.6 Å². The molecule has 0 aliphatic carbocycles. The van der Waals surface area contributed by atoms with Crippen LogP contribution in [0.15, 0.2) is 12.4 Å². The molecule has 76 valence electrons. The molecular formula is C10H16N4. The predicted octanol–water partition coefficient (Wildman–Crippen LogP) is 2.50. The number of nitrogens with zero attached hydrogens (tertiary/aromatic N) is 3. The minimum absolute atomic E-state index is 0.408. The van der Waals surface area contributed by atoms with Gasteiger partial charge in [0.2, 0.25) is 0 Å². The smallest absolute Gasteiger partial charge is 0.174 e. The molecule has 0 bridgehead atoms. The zero-order valence-electron chi connectivity index (χ0n) is 9.07. The predicted molar refractivity (Wildman–Crippen MR) is 57.1 cm³/mol. The van der Waals surface area contributed by atoms with Crippen molar-refractivity contribution >= 4 is 11.2 Å². The van der Waals surface area contributed by atoms with Crippen molar-refractivity contribution in [2.24, 2.45) is 0 Å². The Kier molecular flexibility index (Phi) is 3.56. The average Bonchev–Trinajstić information content (AvgIpc) is 2.67. The molecule has 2 aromatic heterocycles. The van der Waals surface area contributed by atoms with Crippen LogP contribution < -0.4 is 0 Å². The van der Waals surface area contributed by atoms with Crippen molar-refractivity contribution in [1.29, 1.82) is 0 Å². The van der Waals surface area contributed by atoms with Crippen LogP contribution >= 0.6 is 0 Å². The molecule has 2 aromatic rings. The molecular weight excluding hydrogens is 176 g/mol. The fraction of sp³-hybridized carbons (Fsp3) is 0.500. The van der Waals surface area contributed by atoms with E-state index in [1.165, 1.54) is 0 Å². The van der Waals surface area contributed by atoms with Crippen LogP contribution in [0.3, 0.4) is 0 Å². The summed E-state index contributed by atoms with van der Waals surface area (Å²) in [5.41, 5.74) is 2.58. The van der Waals surface area contributed by atoms with E-state index in [4.69, 9.17) is 0 Å². The van der Waals surface area contributed by atoms with E-state index in [9.17, 15) is 0 Å². The van der Waals surface area contributed by atoms with Crippen LogP contribution in [0.25, 0.3) is 11.2 Å². The summed E-state index contributed by atoms with van der Waals surface area (Å²) in [4.78, 5) is 8.56. The van der Waals surface area contributed by atoms with Gasteiger partial charge in [-0.15, -0.1) is 0 Å². The van der Waals surface area contributed by atoms with Crippen LogP contribution in [0, 0.1) is 0 Å². The van der Waals surface area contributed by atoms with E-state index in [2.05, 4.69) is 34.0 Å². The highest BCUT2D eigenvalue weighted by Crippen LogP contribution is 2.12. The summed E-state index contributed by atoms with van der Waals surface area (Å²) in [5, 5.41) is 6.64. The fourth-order valence-electron chi connectivity index (χ4n) is 1.02. The normalized spacial score (nSPS) is 10.1. The molecule has 0 aliphatic rings. The quantitative estimate of drug-likeness (QED) is 0.755. The van der Waals surface area contributed by atoms with Crippen LogP contribution in [0.5, 0.6) is 0 Å². The van der Waals surface area contributed by atoms with Gasteiger partial charge in [-0.25, -0.2) is 9.97 Å². The second-order valence-electron chi connectivity index (χ2n) is 3.05. The Labute approximate surface area is 83.8 Å². The first-order valence-electron chi connectivity index (χ1n) is 4.93. The number of hydrogen-bond donors (Lipinski definition) is 1. The van der Waals surface area contributed by atoms with Crippen molar-refractivity contribution in [1.82, 2.24) is 20.2 Å². The molecule has 0 radical (unpaired) electrons. The molecule has 1 N–H and O–H groups in total. The highest BCUT2D eigenvalue weighted by molar-refractivity contribution is 5.67. The van der Waals surface area contributed by atoms with Crippen molar-refractivity contribution in [3.8, 4) is 0 Å². The van der Waals surface area contributed by atoms with E-state index in [-0.39, 0.29) is 0 Å². The monoisotopic (exact) mass is 192 g/mol. The number of aromatic amines is 1. The van der Waals surface area contributed by atoms with Crippen LogP contribution in [0.4, 0.5) is 0 Å². The molecule has 0 unspecified atom stereocenters. The lowest BCUT2D eigenvalue weighted by Crippen LogP contribution is -1.93. The van der Waals surface area contributed by atoms with E-state index in [0.717, 1.165) is 16.9 Å². The van der Waals surface area contributed by atoms with Gasteiger partial charge in [0, 0.05) is 6.20 Å². The first kappa shape index (κ1) is 10.6. The summed E-state index contributed by atoms with van der Waals surface area (Å²) < 4.78 is 0. The van der Waals surface area contributed by atoms with Crippen molar-refractivity contribution < 1.29 is 0 Å².